The summed E-state index contributed by atoms with van der Waals surface area (Å²) in [5.41, 5.74) is 0.178. The number of hydrogen-bond donors (Lipinski definition) is 1. The Kier molecular flexibility index (Phi) is 2.45. The minimum Gasteiger partial charge on any atom is -0.378 e. The van der Waals surface area contributed by atoms with Crippen molar-refractivity contribution in [2.24, 2.45) is 22.7 Å². The molecule has 0 amide bonds. The molecular formula is C13H18F2O5S. The molecule has 0 radical (unpaired) electrons. The number of halogens is 2. The third-order valence-electron chi connectivity index (χ3n) is 6.47. The Labute approximate surface area is 121 Å². The van der Waals surface area contributed by atoms with Crippen molar-refractivity contribution >= 4 is 10.1 Å². The van der Waals surface area contributed by atoms with Crippen LogP contribution in [0, 0.1) is 22.7 Å². The van der Waals surface area contributed by atoms with Crippen molar-refractivity contribution in [3.8, 4) is 0 Å². The lowest BCUT2D eigenvalue weighted by molar-refractivity contribution is -0.218. The first-order valence-corrected chi connectivity index (χ1v) is 8.53. The summed E-state index contributed by atoms with van der Waals surface area (Å²) in [7, 11) is -3.67. The predicted molar refractivity (Wildman–Crippen MR) is 67.4 cm³/mol. The number of alkyl halides is 2. The number of hydrogen-bond acceptors (Lipinski definition) is 4. The fourth-order valence-electron chi connectivity index (χ4n) is 5.91. The highest BCUT2D eigenvalue weighted by molar-refractivity contribution is 7.86. The molecule has 4 rings (SSSR count). The molecule has 4 aliphatic rings. The van der Waals surface area contributed by atoms with Crippen LogP contribution >= 0.6 is 0 Å². The van der Waals surface area contributed by atoms with Gasteiger partial charge < -0.3 is 9.47 Å². The van der Waals surface area contributed by atoms with Crippen molar-refractivity contribution in [1.82, 2.24) is 0 Å². The molecule has 8 heteroatoms. The summed E-state index contributed by atoms with van der Waals surface area (Å²) in [5, 5.41) is -4.24. The second-order valence-electron chi connectivity index (χ2n) is 7.32. The van der Waals surface area contributed by atoms with Crippen molar-refractivity contribution < 1.29 is 31.2 Å². The monoisotopic (exact) mass is 324 g/mol. The minimum atomic E-state index is -5.41. The van der Waals surface area contributed by atoms with Crippen molar-refractivity contribution in [1.29, 1.82) is 0 Å². The van der Waals surface area contributed by atoms with Crippen LogP contribution in [-0.4, -0.2) is 44.1 Å². The van der Waals surface area contributed by atoms with Gasteiger partial charge >= 0.3 is 15.4 Å². The maximum atomic E-state index is 13.1. The summed E-state index contributed by atoms with van der Waals surface area (Å²) in [6.07, 6.45) is 3.98. The summed E-state index contributed by atoms with van der Waals surface area (Å²) in [6.45, 7) is -1.14. The zero-order valence-corrected chi connectivity index (χ0v) is 12.5. The lowest BCUT2D eigenvalue weighted by atomic mass is 9.39. The topological polar surface area (TPSA) is 72.8 Å². The van der Waals surface area contributed by atoms with Crippen LogP contribution in [0.4, 0.5) is 8.78 Å². The van der Waals surface area contributed by atoms with Crippen LogP contribution in [0.5, 0.6) is 0 Å². The predicted octanol–water partition coefficient (Wildman–Crippen LogP) is 1.69. The largest absolute Gasteiger partial charge is 0.392 e. The average Bonchev–Trinajstić information content (AvgIpc) is 2.91. The van der Waals surface area contributed by atoms with E-state index in [1.807, 2.05) is 0 Å². The van der Waals surface area contributed by atoms with Crippen LogP contribution in [0.1, 0.15) is 25.7 Å². The quantitative estimate of drug-likeness (QED) is 0.753. The van der Waals surface area contributed by atoms with E-state index < -0.39 is 22.0 Å². The smallest absolute Gasteiger partial charge is 0.378 e. The van der Waals surface area contributed by atoms with E-state index in [0.29, 0.717) is 11.8 Å². The van der Waals surface area contributed by atoms with Gasteiger partial charge in [-0.25, -0.2) is 0 Å². The Morgan fingerprint density at radius 1 is 1.33 bits per heavy atom. The van der Waals surface area contributed by atoms with Crippen molar-refractivity contribution in [2.75, 3.05) is 20.3 Å². The van der Waals surface area contributed by atoms with Crippen LogP contribution in [0.25, 0.3) is 0 Å². The molecule has 4 fully saturated rings. The minimum absolute atomic E-state index is 0.0146. The van der Waals surface area contributed by atoms with E-state index >= 15 is 0 Å². The molecule has 21 heavy (non-hydrogen) atoms. The fraction of sp³-hybridized carbons (Fsp3) is 1.00. The summed E-state index contributed by atoms with van der Waals surface area (Å²) in [6, 6.07) is 0. The van der Waals surface area contributed by atoms with Crippen LogP contribution in [0.2, 0.25) is 0 Å². The Morgan fingerprint density at radius 3 is 2.67 bits per heavy atom. The summed E-state index contributed by atoms with van der Waals surface area (Å²) >= 11 is 0. The van der Waals surface area contributed by atoms with Gasteiger partial charge in [0, 0.05) is 12.5 Å². The van der Waals surface area contributed by atoms with Gasteiger partial charge in [0.2, 0.25) is 0 Å². The molecule has 5 unspecified atom stereocenters. The number of methoxy groups -OCH3 is 1. The molecule has 4 saturated carbocycles. The third kappa shape index (κ3) is 1.47. The van der Waals surface area contributed by atoms with E-state index in [4.69, 9.17) is 14.0 Å². The maximum Gasteiger partial charge on any atom is 0.392 e. The van der Waals surface area contributed by atoms with Crippen LogP contribution in [0.15, 0.2) is 0 Å². The molecule has 0 aromatic rings. The summed E-state index contributed by atoms with van der Waals surface area (Å²) < 4.78 is 66.4. The van der Waals surface area contributed by atoms with Gasteiger partial charge in [-0.1, -0.05) is 0 Å². The first-order valence-electron chi connectivity index (χ1n) is 7.09. The van der Waals surface area contributed by atoms with E-state index in [-0.39, 0.29) is 23.0 Å². The zero-order valence-electron chi connectivity index (χ0n) is 11.6. The van der Waals surface area contributed by atoms with Gasteiger partial charge in [-0.3, -0.25) is 4.55 Å². The Morgan fingerprint density at radius 2 is 2.05 bits per heavy atom. The summed E-state index contributed by atoms with van der Waals surface area (Å²) in [4.78, 5) is 0. The van der Waals surface area contributed by atoms with Crippen LogP contribution < -0.4 is 0 Å². The van der Waals surface area contributed by atoms with Crippen LogP contribution in [0.3, 0.4) is 0 Å². The standard InChI is InChI=1S/C13H18F2O5S/c1-19-12-3-8-2-10(4-11(12,5-12)9(8)10)6-20-7-13(14,15)21(16,17)18/h8-9H,2-7H2,1H3,(H,16,17,18). The molecule has 4 aliphatic carbocycles. The van der Waals surface area contributed by atoms with Gasteiger partial charge in [0.05, 0.1) is 12.2 Å². The van der Waals surface area contributed by atoms with Crippen LogP contribution in [-0.2, 0) is 19.6 Å². The first-order chi connectivity index (χ1) is 9.62. The molecule has 120 valence electrons. The average molecular weight is 324 g/mol. The molecule has 5 nitrogen and oxygen atoms in total. The molecular weight excluding hydrogens is 306 g/mol. The van der Waals surface area contributed by atoms with Gasteiger partial charge in [-0.05, 0) is 42.9 Å². The number of ether oxygens (including phenoxy) is 2. The van der Waals surface area contributed by atoms with E-state index in [1.165, 1.54) is 0 Å². The van der Waals surface area contributed by atoms with E-state index in [1.54, 1.807) is 7.11 Å². The molecule has 1 N–H and O–H groups in total. The molecule has 0 heterocycles. The molecule has 5 atom stereocenters. The van der Waals surface area contributed by atoms with E-state index in [9.17, 15) is 17.2 Å². The highest BCUT2D eigenvalue weighted by Crippen LogP contribution is 2.92. The van der Waals surface area contributed by atoms with Crippen molar-refractivity contribution in [3.63, 3.8) is 0 Å². The molecule has 0 saturated heterocycles. The van der Waals surface area contributed by atoms with Crippen molar-refractivity contribution in [2.45, 2.75) is 36.5 Å². The lowest BCUT2D eigenvalue weighted by Gasteiger charge is -2.66. The second kappa shape index (κ2) is 3.60. The second-order valence-corrected chi connectivity index (χ2v) is 8.87. The SMILES string of the molecule is COC12CC3CC4(COCC(F)(F)S(=O)(=O)O)CC1(C2)C34. The first kappa shape index (κ1) is 14.3. The Bertz CT molecular complexity index is 608. The normalized spacial score (nSPS) is 49.9. The van der Waals surface area contributed by atoms with Gasteiger partial charge in [0.1, 0.15) is 6.61 Å². The number of rotatable bonds is 6. The van der Waals surface area contributed by atoms with E-state index in [0.717, 1.165) is 25.7 Å². The molecule has 0 aromatic heterocycles. The van der Waals surface area contributed by atoms with Gasteiger partial charge in [-0.15, -0.1) is 0 Å². The van der Waals surface area contributed by atoms with Gasteiger partial charge in [-0.2, -0.15) is 17.2 Å². The van der Waals surface area contributed by atoms with E-state index in [2.05, 4.69) is 0 Å². The molecule has 0 aliphatic heterocycles. The highest BCUT2D eigenvalue weighted by Gasteiger charge is 2.91. The highest BCUT2D eigenvalue weighted by atomic mass is 32.2. The van der Waals surface area contributed by atoms with Gasteiger partial charge in [0.25, 0.3) is 0 Å². The van der Waals surface area contributed by atoms with Gasteiger partial charge in [0.15, 0.2) is 0 Å². The molecule has 0 aromatic carbocycles. The molecule has 1 spiro atoms. The summed E-state index contributed by atoms with van der Waals surface area (Å²) in [5.74, 6) is 1.07. The lowest BCUT2D eigenvalue weighted by Crippen LogP contribution is -2.62. The fourth-order valence-corrected chi connectivity index (χ4v) is 6.14. The zero-order chi connectivity index (χ0) is 15.3. The Hall–Kier alpha value is -0.310. The molecule has 0 bridgehead atoms. The third-order valence-corrected chi connectivity index (χ3v) is 7.34. The maximum absolute atomic E-state index is 13.1. The van der Waals surface area contributed by atoms with Crippen molar-refractivity contribution in [3.05, 3.63) is 0 Å². The Balaban J connectivity index is 1.37.